The quantitative estimate of drug-likeness (QED) is 0.211. The third kappa shape index (κ3) is 16.7. The standard InChI is InChI=1S/2C7H11N.2C6H6S.Ni/c2*1-8-7-5-3-2-4-6-7;2*7-6-4-2-1-3-5-6;/h2*7H,2-6H2;2*1-5,7H;/p-2. The van der Waals surface area contributed by atoms with Crippen molar-refractivity contribution < 1.29 is 16.5 Å². The van der Waals surface area contributed by atoms with E-state index in [0.717, 1.165) is 35.5 Å². The van der Waals surface area contributed by atoms with Crippen LogP contribution in [0.25, 0.3) is 9.69 Å². The minimum Gasteiger partial charge on any atom is -0.780 e. The molecule has 0 heterocycles. The molecule has 2 nitrogen and oxygen atoms in total. The van der Waals surface area contributed by atoms with Gasteiger partial charge in [0.05, 0.1) is 0 Å². The van der Waals surface area contributed by atoms with E-state index in [1.807, 2.05) is 60.7 Å². The van der Waals surface area contributed by atoms with Crippen LogP contribution in [0.1, 0.15) is 64.2 Å². The molecule has 0 saturated heterocycles. The largest absolute Gasteiger partial charge is 0.780 e. The summed E-state index contributed by atoms with van der Waals surface area (Å²) >= 11 is 9.62. The van der Waals surface area contributed by atoms with Gasteiger partial charge in [-0.1, -0.05) is 73.5 Å². The fraction of sp³-hybridized carbons (Fsp3) is 0.462. The summed E-state index contributed by atoms with van der Waals surface area (Å²) < 4.78 is 0. The summed E-state index contributed by atoms with van der Waals surface area (Å²) in [5.74, 6) is 0. The Hall–Kier alpha value is -1.65. The number of rotatable bonds is 0. The Morgan fingerprint density at radius 2 is 0.839 bits per heavy atom. The van der Waals surface area contributed by atoms with Crippen LogP contribution >= 0.6 is 0 Å². The summed E-state index contributed by atoms with van der Waals surface area (Å²) in [7, 11) is 0. The Labute approximate surface area is 210 Å². The Kier molecular flexibility index (Phi) is 19.2. The van der Waals surface area contributed by atoms with E-state index in [-0.39, 0.29) is 16.5 Å². The Bertz CT molecular complexity index is 664. The molecule has 170 valence electrons. The number of nitrogens with zero attached hydrogens (tertiary/aromatic N) is 2. The third-order valence-electron chi connectivity index (χ3n) is 5.00. The average molecular weight is 495 g/mol. The van der Waals surface area contributed by atoms with Crippen LogP contribution < -0.4 is 0 Å². The van der Waals surface area contributed by atoms with Crippen LogP contribution in [-0.4, -0.2) is 12.1 Å². The minimum atomic E-state index is 0. The molecule has 2 aliphatic carbocycles. The molecule has 2 aliphatic rings. The normalized spacial score (nSPS) is 15.4. The molecule has 0 amide bonds. The zero-order valence-electron chi connectivity index (χ0n) is 18.0. The maximum absolute atomic E-state index is 6.72. The van der Waals surface area contributed by atoms with Crippen LogP contribution in [0.4, 0.5) is 0 Å². The van der Waals surface area contributed by atoms with Gasteiger partial charge in [-0.2, -0.15) is 9.79 Å². The first-order valence-electron chi connectivity index (χ1n) is 10.8. The molecule has 2 aromatic carbocycles. The number of hydrogen-bond acceptors (Lipinski definition) is 2. The van der Waals surface area contributed by atoms with Gasteiger partial charge in [-0.3, -0.25) is 0 Å². The first-order valence-corrected chi connectivity index (χ1v) is 11.6. The summed E-state index contributed by atoms with van der Waals surface area (Å²) in [5.41, 5.74) is 0. The van der Waals surface area contributed by atoms with E-state index >= 15 is 0 Å². The van der Waals surface area contributed by atoms with Crippen molar-refractivity contribution in [2.45, 2.75) is 86.1 Å². The van der Waals surface area contributed by atoms with Crippen LogP contribution in [0.5, 0.6) is 0 Å². The topological polar surface area (TPSA) is 8.72 Å². The molecule has 0 N–H and O–H groups in total. The monoisotopic (exact) mass is 494 g/mol. The minimum absolute atomic E-state index is 0. The molecule has 0 bridgehead atoms. The molecule has 2 aromatic rings. The van der Waals surface area contributed by atoms with Gasteiger partial charge in [0.15, 0.2) is 0 Å². The van der Waals surface area contributed by atoms with Crippen molar-refractivity contribution in [1.82, 2.24) is 0 Å². The summed E-state index contributed by atoms with van der Waals surface area (Å²) in [6, 6.07) is 20.0. The van der Waals surface area contributed by atoms with E-state index in [2.05, 4.69) is 9.69 Å². The Morgan fingerprint density at radius 1 is 0.548 bits per heavy atom. The van der Waals surface area contributed by atoms with Crippen molar-refractivity contribution in [1.29, 1.82) is 0 Å². The molecule has 2 fully saturated rings. The first kappa shape index (κ1) is 29.4. The molecule has 0 unspecified atom stereocenters. The van der Waals surface area contributed by atoms with Crippen molar-refractivity contribution in [3.8, 4) is 0 Å². The molecule has 2 saturated carbocycles. The predicted octanol–water partition coefficient (Wildman–Crippen LogP) is 7.66. The van der Waals surface area contributed by atoms with Gasteiger partial charge >= 0.3 is 0 Å². The average Bonchev–Trinajstić information content (AvgIpc) is 2.82. The van der Waals surface area contributed by atoms with Gasteiger partial charge in [0, 0.05) is 42.2 Å². The maximum Gasteiger partial charge on any atom is 0.223 e. The van der Waals surface area contributed by atoms with E-state index in [0.29, 0.717) is 12.1 Å². The van der Waals surface area contributed by atoms with Crippen LogP contribution in [0, 0.1) is 13.1 Å². The van der Waals surface area contributed by atoms with Gasteiger partial charge in [-0.05, 0) is 25.7 Å². The van der Waals surface area contributed by atoms with E-state index in [1.54, 1.807) is 0 Å². The summed E-state index contributed by atoms with van der Waals surface area (Å²) in [4.78, 5) is 8.81. The number of hydrogen-bond donors (Lipinski definition) is 0. The van der Waals surface area contributed by atoms with Crippen molar-refractivity contribution in [3.63, 3.8) is 0 Å². The van der Waals surface area contributed by atoms with Gasteiger partial charge in [0.25, 0.3) is 0 Å². The van der Waals surface area contributed by atoms with Gasteiger partial charge in [0.1, 0.15) is 0 Å². The summed E-state index contributed by atoms with van der Waals surface area (Å²) in [5, 5.41) is 0. The Balaban J connectivity index is 0.000000384. The molecule has 0 aromatic heterocycles. The molecule has 4 rings (SSSR count). The second-order valence-electron chi connectivity index (χ2n) is 7.47. The molecule has 0 atom stereocenters. The van der Waals surface area contributed by atoms with E-state index in [9.17, 15) is 0 Å². The van der Waals surface area contributed by atoms with Crippen LogP contribution in [0.2, 0.25) is 0 Å². The third-order valence-corrected chi connectivity index (χ3v) is 5.55. The maximum atomic E-state index is 6.72. The van der Waals surface area contributed by atoms with Gasteiger partial charge in [-0.15, -0.1) is 0 Å². The first-order chi connectivity index (χ1) is 14.7. The molecule has 0 spiro atoms. The van der Waals surface area contributed by atoms with Crippen molar-refractivity contribution in [3.05, 3.63) is 83.5 Å². The van der Waals surface area contributed by atoms with Crippen molar-refractivity contribution >= 4 is 25.3 Å². The second kappa shape index (κ2) is 20.3. The molecule has 0 radical (unpaired) electrons. The molecular weight excluding hydrogens is 463 g/mol. The van der Waals surface area contributed by atoms with Crippen LogP contribution in [-0.2, 0) is 41.7 Å². The van der Waals surface area contributed by atoms with Gasteiger partial charge in [-0.25, -0.2) is 13.1 Å². The van der Waals surface area contributed by atoms with Crippen molar-refractivity contribution in [2.24, 2.45) is 0 Å². The van der Waals surface area contributed by atoms with E-state index in [1.165, 1.54) is 38.5 Å². The summed E-state index contributed by atoms with van der Waals surface area (Å²) in [6.45, 7) is 13.4. The summed E-state index contributed by atoms with van der Waals surface area (Å²) in [6.07, 6.45) is 12.5. The SMILES string of the molecule is [C-]#[N+]C1CCCCC1.[C-]#[N+]C1CCCCC1.[Ni].[S-]c1ccccc1.[S-]c1ccccc1. The van der Waals surface area contributed by atoms with E-state index in [4.69, 9.17) is 38.4 Å². The van der Waals surface area contributed by atoms with Gasteiger partial charge < -0.3 is 34.9 Å². The zero-order valence-corrected chi connectivity index (χ0v) is 20.6. The fourth-order valence-corrected chi connectivity index (χ4v) is 3.58. The fourth-order valence-electron chi connectivity index (χ4n) is 3.26. The second-order valence-corrected chi connectivity index (χ2v) is 8.41. The van der Waals surface area contributed by atoms with E-state index < -0.39 is 0 Å². The predicted molar refractivity (Wildman–Crippen MR) is 131 cm³/mol. The molecule has 5 heteroatoms. The van der Waals surface area contributed by atoms with Crippen LogP contribution in [0.15, 0.2) is 70.5 Å². The van der Waals surface area contributed by atoms with Crippen LogP contribution in [0.3, 0.4) is 0 Å². The smallest absolute Gasteiger partial charge is 0.223 e. The Morgan fingerprint density at radius 3 is 1.00 bits per heavy atom. The van der Waals surface area contributed by atoms with Crippen molar-refractivity contribution in [2.75, 3.05) is 0 Å². The molecule has 31 heavy (non-hydrogen) atoms. The molecule has 0 aliphatic heterocycles. The van der Waals surface area contributed by atoms with Gasteiger partial charge in [0.2, 0.25) is 12.1 Å². The molecular formula is C26H32N2NiS2-2. The zero-order chi connectivity index (χ0) is 21.9. The number of benzene rings is 2.